The van der Waals surface area contributed by atoms with Crippen molar-refractivity contribution >= 4 is 29.1 Å². The standard InChI is InChI=1S/C14H17Cl2NO2/c1-17(12-5-3-2-4-10(12)15)14(19)9-6-7-13(18)11(16)8-9/h6-8,10,12,18H,2-5H2,1H3. The van der Waals surface area contributed by atoms with Gasteiger partial charge in [-0.1, -0.05) is 24.4 Å². The first-order valence-electron chi connectivity index (χ1n) is 6.40. The first-order chi connectivity index (χ1) is 9.00. The molecule has 19 heavy (non-hydrogen) atoms. The maximum absolute atomic E-state index is 12.4. The maximum Gasteiger partial charge on any atom is 0.253 e. The van der Waals surface area contributed by atoms with Gasteiger partial charge >= 0.3 is 0 Å². The van der Waals surface area contributed by atoms with Crippen LogP contribution in [0.15, 0.2) is 18.2 Å². The predicted octanol–water partition coefficient (Wildman–Crippen LogP) is 3.67. The van der Waals surface area contributed by atoms with E-state index in [2.05, 4.69) is 0 Å². The van der Waals surface area contributed by atoms with E-state index in [9.17, 15) is 9.90 Å². The first kappa shape index (κ1) is 14.5. The molecule has 1 aliphatic rings. The maximum atomic E-state index is 12.4. The summed E-state index contributed by atoms with van der Waals surface area (Å²) in [5, 5.41) is 9.57. The summed E-state index contributed by atoms with van der Waals surface area (Å²) in [4.78, 5) is 14.1. The zero-order chi connectivity index (χ0) is 14.0. The average Bonchev–Trinajstić information content (AvgIpc) is 2.41. The van der Waals surface area contributed by atoms with Gasteiger partial charge in [0.15, 0.2) is 0 Å². The van der Waals surface area contributed by atoms with E-state index in [0.717, 1.165) is 25.7 Å². The molecule has 1 amide bonds. The fraction of sp³-hybridized carbons (Fsp3) is 0.500. The minimum Gasteiger partial charge on any atom is -0.506 e. The van der Waals surface area contributed by atoms with Gasteiger partial charge < -0.3 is 10.0 Å². The van der Waals surface area contributed by atoms with Crippen molar-refractivity contribution in [1.29, 1.82) is 0 Å². The molecule has 0 heterocycles. The highest BCUT2D eigenvalue weighted by Crippen LogP contribution is 2.29. The summed E-state index contributed by atoms with van der Waals surface area (Å²) in [5.74, 6) is -0.131. The molecule has 1 aliphatic carbocycles. The van der Waals surface area contributed by atoms with Crippen LogP contribution in [0.5, 0.6) is 5.75 Å². The number of hydrogen-bond donors (Lipinski definition) is 1. The molecule has 1 N–H and O–H groups in total. The highest BCUT2D eigenvalue weighted by Gasteiger charge is 2.29. The number of alkyl halides is 1. The highest BCUT2D eigenvalue weighted by atomic mass is 35.5. The minimum atomic E-state index is -0.112. The molecule has 2 unspecified atom stereocenters. The molecule has 0 radical (unpaired) electrons. The van der Waals surface area contributed by atoms with Gasteiger partial charge in [-0.15, -0.1) is 11.6 Å². The molecule has 104 valence electrons. The number of carbonyl (C=O) groups excluding carboxylic acids is 1. The second kappa shape index (κ2) is 6.02. The molecule has 0 aliphatic heterocycles. The smallest absolute Gasteiger partial charge is 0.253 e. The molecule has 1 saturated carbocycles. The van der Waals surface area contributed by atoms with Crippen molar-refractivity contribution in [1.82, 2.24) is 4.90 Å². The number of aromatic hydroxyl groups is 1. The Morgan fingerprint density at radius 1 is 1.37 bits per heavy atom. The number of carbonyl (C=O) groups is 1. The molecule has 0 saturated heterocycles. The largest absolute Gasteiger partial charge is 0.506 e. The Kier molecular flexibility index (Phi) is 4.58. The number of nitrogens with zero attached hydrogens (tertiary/aromatic N) is 1. The minimum absolute atomic E-state index is 0.00952. The number of phenols is 1. The van der Waals surface area contributed by atoms with Gasteiger partial charge in [-0.05, 0) is 31.0 Å². The van der Waals surface area contributed by atoms with Crippen LogP contribution in [0.1, 0.15) is 36.0 Å². The predicted molar refractivity (Wildman–Crippen MR) is 77.1 cm³/mol. The van der Waals surface area contributed by atoms with Gasteiger partial charge in [0, 0.05) is 18.7 Å². The van der Waals surface area contributed by atoms with Crippen molar-refractivity contribution in [3.63, 3.8) is 0 Å². The molecule has 2 rings (SSSR count). The number of phenolic OH excluding ortho intramolecular Hbond substituents is 1. The highest BCUT2D eigenvalue weighted by molar-refractivity contribution is 6.32. The Morgan fingerprint density at radius 2 is 2.05 bits per heavy atom. The lowest BCUT2D eigenvalue weighted by Gasteiger charge is -2.35. The van der Waals surface area contributed by atoms with Gasteiger partial charge in [-0.25, -0.2) is 0 Å². The van der Waals surface area contributed by atoms with Gasteiger partial charge in [-0.2, -0.15) is 0 Å². The molecule has 3 nitrogen and oxygen atoms in total. The van der Waals surface area contributed by atoms with E-state index in [-0.39, 0.29) is 28.1 Å². The fourth-order valence-corrected chi connectivity index (χ4v) is 3.13. The van der Waals surface area contributed by atoms with Crippen molar-refractivity contribution in [2.24, 2.45) is 0 Å². The summed E-state index contributed by atoms with van der Waals surface area (Å²) >= 11 is 12.1. The quantitative estimate of drug-likeness (QED) is 0.847. The SMILES string of the molecule is CN(C(=O)c1ccc(O)c(Cl)c1)C1CCCCC1Cl. The van der Waals surface area contributed by atoms with Crippen LogP contribution in [0.2, 0.25) is 5.02 Å². The third-order valence-electron chi connectivity index (χ3n) is 3.66. The number of benzene rings is 1. The second-order valence-corrected chi connectivity index (χ2v) is 5.92. The Hall–Kier alpha value is -0.930. The van der Waals surface area contributed by atoms with Gasteiger partial charge in [0.1, 0.15) is 5.75 Å². The van der Waals surface area contributed by atoms with Crippen molar-refractivity contribution < 1.29 is 9.90 Å². The Morgan fingerprint density at radius 3 is 2.68 bits per heavy atom. The summed E-state index contributed by atoms with van der Waals surface area (Å²) in [6.07, 6.45) is 4.10. The number of hydrogen-bond acceptors (Lipinski definition) is 2. The van der Waals surface area contributed by atoms with Crippen LogP contribution in [-0.4, -0.2) is 34.4 Å². The van der Waals surface area contributed by atoms with E-state index in [4.69, 9.17) is 23.2 Å². The van der Waals surface area contributed by atoms with E-state index in [0.29, 0.717) is 5.56 Å². The molecule has 1 aromatic carbocycles. The van der Waals surface area contributed by atoms with Gasteiger partial charge in [0.05, 0.1) is 10.4 Å². The lowest BCUT2D eigenvalue weighted by Crippen LogP contribution is -2.44. The van der Waals surface area contributed by atoms with Crippen LogP contribution in [0, 0.1) is 0 Å². The van der Waals surface area contributed by atoms with Gasteiger partial charge in [0.2, 0.25) is 0 Å². The topological polar surface area (TPSA) is 40.5 Å². The molecular formula is C14H17Cl2NO2. The van der Waals surface area contributed by atoms with Crippen LogP contribution < -0.4 is 0 Å². The van der Waals surface area contributed by atoms with E-state index in [1.165, 1.54) is 12.1 Å². The van der Waals surface area contributed by atoms with Crippen LogP contribution >= 0.6 is 23.2 Å². The molecule has 5 heteroatoms. The van der Waals surface area contributed by atoms with Crippen molar-refractivity contribution in [2.75, 3.05) is 7.05 Å². The van der Waals surface area contributed by atoms with E-state index in [1.54, 1.807) is 18.0 Å². The van der Waals surface area contributed by atoms with Crippen molar-refractivity contribution in [2.45, 2.75) is 37.1 Å². The summed E-state index contributed by atoms with van der Waals surface area (Å²) in [5.41, 5.74) is 0.472. The molecule has 1 aromatic rings. The number of rotatable bonds is 2. The van der Waals surface area contributed by atoms with Crippen LogP contribution in [0.4, 0.5) is 0 Å². The summed E-state index contributed by atoms with van der Waals surface area (Å²) in [7, 11) is 1.77. The lowest BCUT2D eigenvalue weighted by atomic mass is 9.93. The lowest BCUT2D eigenvalue weighted by molar-refractivity contribution is 0.0700. The van der Waals surface area contributed by atoms with Gasteiger partial charge in [-0.3, -0.25) is 4.79 Å². The summed E-state index contributed by atoms with van der Waals surface area (Å²) in [6.45, 7) is 0. The molecule has 0 aromatic heterocycles. The van der Waals surface area contributed by atoms with E-state index < -0.39 is 0 Å². The van der Waals surface area contributed by atoms with E-state index in [1.807, 2.05) is 0 Å². The number of halogens is 2. The summed E-state index contributed by atoms with van der Waals surface area (Å²) in [6, 6.07) is 4.56. The molecular weight excluding hydrogens is 285 g/mol. The molecule has 0 spiro atoms. The third kappa shape index (κ3) is 3.15. The second-order valence-electron chi connectivity index (χ2n) is 4.95. The zero-order valence-corrected chi connectivity index (χ0v) is 12.3. The number of amides is 1. The van der Waals surface area contributed by atoms with Crippen LogP contribution in [0.3, 0.4) is 0 Å². The van der Waals surface area contributed by atoms with Crippen molar-refractivity contribution in [3.8, 4) is 5.75 Å². The molecule has 2 atom stereocenters. The first-order valence-corrected chi connectivity index (χ1v) is 7.22. The Labute approximate surface area is 123 Å². The zero-order valence-electron chi connectivity index (χ0n) is 10.8. The van der Waals surface area contributed by atoms with Gasteiger partial charge in [0.25, 0.3) is 5.91 Å². The van der Waals surface area contributed by atoms with Crippen molar-refractivity contribution in [3.05, 3.63) is 28.8 Å². The average molecular weight is 302 g/mol. The summed E-state index contributed by atoms with van der Waals surface area (Å²) < 4.78 is 0. The van der Waals surface area contributed by atoms with Crippen LogP contribution in [0.25, 0.3) is 0 Å². The van der Waals surface area contributed by atoms with E-state index >= 15 is 0 Å². The normalized spacial score (nSPS) is 23.1. The molecule has 1 fully saturated rings. The Balaban J connectivity index is 2.15. The Bertz CT molecular complexity index is 479. The fourth-order valence-electron chi connectivity index (χ4n) is 2.50. The monoisotopic (exact) mass is 301 g/mol. The third-order valence-corrected chi connectivity index (χ3v) is 4.47. The molecule has 0 bridgehead atoms. The van der Waals surface area contributed by atoms with Crippen LogP contribution in [-0.2, 0) is 0 Å².